The molecule has 2 aromatic carbocycles. The molecule has 8 rings (SSSR count). The van der Waals surface area contributed by atoms with Crippen LogP contribution in [0.25, 0.3) is 0 Å². The minimum Gasteiger partial charge on any atom is -0.507 e. The van der Waals surface area contributed by atoms with Crippen LogP contribution in [-0.4, -0.2) is 41.1 Å². The first-order chi connectivity index (χ1) is 17.6. The molecule has 2 bridgehead atoms. The Balaban J connectivity index is 1.10. The number of aromatic hydroxyl groups is 1. The number of rotatable bonds is 2. The predicted octanol–water partition coefficient (Wildman–Crippen LogP) is 3.51. The van der Waals surface area contributed by atoms with Gasteiger partial charge in [0.2, 0.25) is 6.79 Å². The van der Waals surface area contributed by atoms with Crippen LogP contribution < -0.4 is 24.5 Å². The summed E-state index contributed by atoms with van der Waals surface area (Å²) >= 11 is 0. The third-order valence-electron chi connectivity index (χ3n) is 8.44. The Morgan fingerprint density at radius 2 is 1.83 bits per heavy atom. The molecule has 6 heterocycles. The first kappa shape index (κ1) is 20.5. The van der Waals surface area contributed by atoms with Gasteiger partial charge in [0.05, 0.1) is 18.1 Å². The first-order valence-corrected chi connectivity index (χ1v) is 12.6. The summed E-state index contributed by atoms with van der Waals surface area (Å²) in [5, 5.41) is 10.9. The number of fused-ring (bicyclic) bond motifs is 10. The summed E-state index contributed by atoms with van der Waals surface area (Å²) in [6.07, 6.45) is 0.924. The van der Waals surface area contributed by atoms with Crippen LogP contribution in [0.15, 0.2) is 47.3 Å². The maximum Gasteiger partial charge on any atom is 0.250 e. The van der Waals surface area contributed by atoms with Crippen molar-refractivity contribution in [1.29, 1.82) is 0 Å². The molecule has 4 atom stereocenters. The number of pyridine rings is 1. The number of benzene rings is 2. The van der Waals surface area contributed by atoms with Crippen molar-refractivity contribution >= 4 is 0 Å². The van der Waals surface area contributed by atoms with Gasteiger partial charge in [-0.1, -0.05) is 6.07 Å². The Hall–Kier alpha value is -3.65. The fraction of sp³-hybridized carbons (Fsp3) is 0.393. The fourth-order valence-electron chi connectivity index (χ4n) is 6.87. The maximum atomic E-state index is 12.4. The van der Waals surface area contributed by atoms with E-state index in [2.05, 4.69) is 11.0 Å². The van der Waals surface area contributed by atoms with Gasteiger partial charge in [-0.2, -0.15) is 0 Å². The highest BCUT2D eigenvalue weighted by atomic mass is 16.7. The Morgan fingerprint density at radius 1 is 0.944 bits per heavy atom. The Labute approximate surface area is 207 Å². The van der Waals surface area contributed by atoms with Gasteiger partial charge in [-0.05, 0) is 36.6 Å². The lowest BCUT2D eigenvalue weighted by molar-refractivity contribution is 0.108. The lowest BCUT2D eigenvalue weighted by Crippen LogP contribution is -2.46. The zero-order valence-electron chi connectivity index (χ0n) is 19.7. The van der Waals surface area contributed by atoms with Gasteiger partial charge < -0.3 is 28.6 Å². The third kappa shape index (κ3) is 2.94. The lowest BCUT2D eigenvalue weighted by atomic mass is 9.82. The highest BCUT2D eigenvalue weighted by Crippen LogP contribution is 2.55. The zero-order chi connectivity index (χ0) is 24.0. The van der Waals surface area contributed by atoms with Crippen LogP contribution in [0.1, 0.15) is 46.7 Å². The Bertz CT molecular complexity index is 1470. The second kappa shape index (κ2) is 7.43. The minimum atomic E-state index is -0.176. The van der Waals surface area contributed by atoms with E-state index in [1.807, 2.05) is 28.8 Å². The van der Waals surface area contributed by atoms with E-state index in [-0.39, 0.29) is 30.1 Å². The van der Waals surface area contributed by atoms with Crippen LogP contribution in [-0.2, 0) is 13.1 Å². The van der Waals surface area contributed by atoms with Crippen molar-refractivity contribution in [2.75, 3.05) is 26.5 Å². The van der Waals surface area contributed by atoms with Crippen molar-refractivity contribution in [1.82, 2.24) is 9.47 Å². The second-order valence-corrected chi connectivity index (χ2v) is 10.6. The normalized spacial score (nSPS) is 26.8. The summed E-state index contributed by atoms with van der Waals surface area (Å²) in [7, 11) is 0. The largest absolute Gasteiger partial charge is 0.507 e. The molecule has 0 saturated carbocycles. The quantitative estimate of drug-likeness (QED) is 0.594. The molecule has 184 valence electrons. The SMILES string of the molecule is O=c1cccc2n1CC1CC2CN(Cc2c(O)ccc3c2OCC2c4cc5c(cc4OC32)OCO5)C1. The number of likely N-dealkylation sites (tertiary alicyclic amines) is 1. The Kier molecular flexibility index (Phi) is 4.24. The number of nitrogens with zero attached hydrogens (tertiary/aromatic N) is 2. The molecule has 8 heteroatoms. The van der Waals surface area contributed by atoms with Crippen molar-refractivity contribution in [3.63, 3.8) is 0 Å². The van der Waals surface area contributed by atoms with E-state index in [0.717, 1.165) is 65.7 Å². The smallest absolute Gasteiger partial charge is 0.250 e. The molecule has 0 aliphatic carbocycles. The van der Waals surface area contributed by atoms with Crippen molar-refractivity contribution < 1.29 is 24.1 Å². The molecule has 5 aliphatic heterocycles. The van der Waals surface area contributed by atoms with Gasteiger partial charge in [-0.15, -0.1) is 0 Å². The van der Waals surface area contributed by atoms with Crippen molar-refractivity contribution in [2.45, 2.75) is 37.5 Å². The summed E-state index contributed by atoms with van der Waals surface area (Å²) in [5.74, 6) is 4.03. The minimum absolute atomic E-state index is 0.0588. The standard InChI is InChI=1S/C28H26N2O6/c31-22-5-4-17-27(33-13-20-18-7-24-25(35-14-34-24)8-23(18)36-28(17)20)19(22)12-29-9-15-6-16(11-29)21-2-1-3-26(32)30(21)10-15/h1-5,7-8,15-16,20,28,31H,6,9-14H2. The predicted molar refractivity (Wildman–Crippen MR) is 129 cm³/mol. The number of hydrogen-bond acceptors (Lipinski definition) is 7. The van der Waals surface area contributed by atoms with Gasteiger partial charge in [0, 0.05) is 61.1 Å². The van der Waals surface area contributed by atoms with E-state index in [9.17, 15) is 9.90 Å². The molecule has 0 radical (unpaired) electrons. The first-order valence-electron chi connectivity index (χ1n) is 12.6. The van der Waals surface area contributed by atoms with Crippen molar-refractivity contribution in [3.05, 3.63) is 75.2 Å². The van der Waals surface area contributed by atoms with E-state index in [4.69, 9.17) is 18.9 Å². The third-order valence-corrected chi connectivity index (χ3v) is 8.44. The molecule has 1 fully saturated rings. The summed E-state index contributed by atoms with van der Waals surface area (Å²) in [6, 6.07) is 13.2. The van der Waals surface area contributed by atoms with E-state index in [0.29, 0.717) is 30.7 Å². The van der Waals surface area contributed by atoms with Crippen molar-refractivity contribution in [2.24, 2.45) is 5.92 Å². The monoisotopic (exact) mass is 486 g/mol. The molecule has 4 unspecified atom stereocenters. The number of phenols is 1. The number of hydrogen-bond donors (Lipinski definition) is 1. The molecule has 0 spiro atoms. The van der Waals surface area contributed by atoms with Gasteiger partial charge in [-0.3, -0.25) is 9.69 Å². The number of phenolic OH excluding ortho intramolecular Hbond substituents is 1. The van der Waals surface area contributed by atoms with Crippen LogP contribution in [0.3, 0.4) is 0 Å². The summed E-state index contributed by atoms with van der Waals surface area (Å²) in [4.78, 5) is 14.8. The number of piperidine rings is 1. The van der Waals surface area contributed by atoms with Crippen LogP contribution in [0.4, 0.5) is 0 Å². The zero-order valence-corrected chi connectivity index (χ0v) is 19.7. The van der Waals surface area contributed by atoms with Crippen LogP contribution in [0.5, 0.6) is 28.7 Å². The number of ether oxygens (including phenoxy) is 4. The molecule has 0 amide bonds. The molecular weight excluding hydrogens is 460 g/mol. The topological polar surface area (TPSA) is 82.4 Å². The molecule has 36 heavy (non-hydrogen) atoms. The second-order valence-electron chi connectivity index (χ2n) is 10.6. The molecule has 1 aromatic heterocycles. The van der Waals surface area contributed by atoms with E-state index >= 15 is 0 Å². The summed E-state index contributed by atoms with van der Waals surface area (Å²) < 4.78 is 25.8. The van der Waals surface area contributed by atoms with Gasteiger partial charge in [-0.25, -0.2) is 0 Å². The molecule has 8 nitrogen and oxygen atoms in total. The maximum absolute atomic E-state index is 12.4. The van der Waals surface area contributed by atoms with Crippen LogP contribution in [0, 0.1) is 5.92 Å². The van der Waals surface area contributed by atoms with E-state index < -0.39 is 0 Å². The average Bonchev–Trinajstić information content (AvgIpc) is 3.48. The molecule has 3 aromatic rings. The van der Waals surface area contributed by atoms with Gasteiger partial charge in [0.1, 0.15) is 23.4 Å². The van der Waals surface area contributed by atoms with Crippen LogP contribution in [0.2, 0.25) is 0 Å². The fourth-order valence-corrected chi connectivity index (χ4v) is 6.87. The Morgan fingerprint density at radius 3 is 2.75 bits per heavy atom. The lowest BCUT2D eigenvalue weighted by Gasteiger charge is -2.43. The molecule has 1 N–H and O–H groups in total. The van der Waals surface area contributed by atoms with Gasteiger partial charge in [0.25, 0.3) is 5.56 Å². The van der Waals surface area contributed by atoms with Crippen LogP contribution >= 0.6 is 0 Å². The highest BCUT2D eigenvalue weighted by Gasteiger charge is 2.43. The summed E-state index contributed by atoms with van der Waals surface area (Å²) in [6.45, 7) is 3.80. The number of aromatic nitrogens is 1. The molecule has 1 saturated heterocycles. The molecule has 5 aliphatic rings. The van der Waals surface area contributed by atoms with Crippen molar-refractivity contribution in [3.8, 4) is 28.7 Å². The van der Waals surface area contributed by atoms with E-state index in [1.165, 1.54) is 0 Å². The molecular formula is C28H26N2O6. The average molecular weight is 487 g/mol. The highest BCUT2D eigenvalue weighted by molar-refractivity contribution is 5.59. The van der Waals surface area contributed by atoms with Gasteiger partial charge in [0.15, 0.2) is 11.5 Å². The van der Waals surface area contributed by atoms with Gasteiger partial charge >= 0.3 is 0 Å². The van der Waals surface area contributed by atoms with E-state index in [1.54, 1.807) is 12.1 Å². The summed E-state index contributed by atoms with van der Waals surface area (Å²) in [5.41, 5.74) is 4.06.